The molecule has 1 fully saturated rings. The van der Waals surface area contributed by atoms with Crippen LogP contribution in [0, 0.1) is 0 Å². The molecule has 7 heteroatoms. The molecule has 0 radical (unpaired) electrons. The highest BCUT2D eigenvalue weighted by Crippen LogP contribution is 2.20. The van der Waals surface area contributed by atoms with Gasteiger partial charge in [0.2, 0.25) is 0 Å². The first-order chi connectivity index (χ1) is 15.2. The van der Waals surface area contributed by atoms with Crippen LogP contribution in [0.5, 0.6) is 0 Å². The first-order valence-corrected chi connectivity index (χ1v) is 11.0. The number of pyridine rings is 1. The first-order valence-electron chi connectivity index (χ1n) is 11.0. The van der Waals surface area contributed by atoms with E-state index in [2.05, 4.69) is 69.5 Å². The van der Waals surface area contributed by atoms with E-state index in [4.69, 9.17) is 4.99 Å². The number of aliphatic hydroxyl groups is 1. The summed E-state index contributed by atoms with van der Waals surface area (Å²) < 4.78 is 0. The monoisotopic (exact) mass is 545 g/mol. The number of piperazine rings is 1. The first kappa shape index (κ1) is 24.4. The molecule has 4 rings (SSSR count). The van der Waals surface area contributed by atoms with Gasteiger partial charge in [-0.3, -0.25) is 14.9 Å². The number of hydrogen-bond acceptors (Lipinski definition) is 4. The van der Waals surface area contributed by atoms with Gasteiger partial charge in [-0.1, -0.05) is 42.5 Å². The third kappa shape index (κ3) is 6.17. The number of aromatic nitrogens is 1. The van der Waals surface area contributed by atoms with Crippen LogP contribution >= 0.6 is 24.0 Å². The number of fused-ring (bicyclic) bond motifs is 1. The zero-order valence-electron chi connectivity index (χ0n) is 18.5. The summed E-state index contributed by atoms with van der Waals surface area (Å²) in [6.45, 7) is 7.99. The van der Waals surface area contributed by atoms with Gasteiger partial charge in [0, 0.05) is 51.7 Å². The molecule has 2 aromatic carbocycles. The van der Waals surface area contributed by atoms with Crippen LogP contribution in [0.15, 0.2) is 72.0 Å². The fraction of sp³-hybridized carbons (Fsp3) is 0.360. The number of benzene rings is 2. The highest BCUT2D eigenvalue weighted by molar-refractivity contribution is 14.0. The minimum atomic E-state index is -0.621. The van der Waals surface area contributed by atoms with Crippen LogP contribution in [0.1, 0.15) is 24.2 Å². The molecular weight excluding hydrogens is 513 g/mol. The Hall–Kier alpha value is -2.23. The highest BCUT2D eigenvalue weighted by Gasteiger charge is 2.20. The Morgan fingerprint density at radius 2 is 1.75 bits per heavy atom. The quantitative estimate of drug-likeness (QED) is 0.281. The van der Waals surface area contributed by atoms with Crippen LogP contribution in [0.25, 0.3) is 10.8 Å². The highest BCUT2D eigenvalue weighted by atomic mass is 127. The molecule has 32 heavy (non-hydrogen) atoms. The fourth-order valence-corrected chi connectivity index (χ4v) is 4.08. The molecule has 6 nitrogen and oxygen atoms in total. The minimum absolute atomic E-state index is 0. The van der Waals surface area contributed by atoms with Gasteiger partial charge in [0.25, 0.3) is 0 Å². The van der Waals surface area contributed by atoms with E-state index in [1.165, 1.54) is 16.3 Å². The summed E-state index contributed by atoms with van der Waals surface area (Å²) in [7, 11) is 0. The van der Waals surface area contributed by atoms with Gasteiger partial charge in [-0.25, -0.2) is 0 Å². The van der Waals surface area contributed by atoms with E-state index >= 15 is 0 Å². The second kappa shape index (κ2) is 12.1. The normalized spacial score (nSPS) is 15.9. The molecule has 1 aliphatic rings. The fourth-order valence-electron chi connectivity index (χ4n) is 4.08. The molecular formula is C25H32IN5O. The van der Waals surface area contributed by atoms with E-state index in [1.807, 2.05) is 12.1 Å². The van der Waals surface area contributed by atoms with Crippen molar-refractivity contribution in [2.24, 2.45) is 4.99 Å². The topological polar surface area (TPSA) is 64.0 Å². The third-order valence-electron chi connectivity index (χ3n) is 5.79. The maximum atomic E-state index is 10.4. The van der Waals surface area contributed by atoms with Crippen LogP contribution in [-0.2, 0) is 6.54 Å². The molecule has 1 aromatic heterocycles. The van der Waals surface area contributed by atoms with Gasteiger partial charge in [-0.05, 0) is 41.0 Å². The summed E-state index contributed by atoms with van der Waals surface area (Å²) in [6.07, 6.45) is 2.77. The van der Waals surface area contributed by atoms with E-state index in [1.54, 1.807) is 12.4 Å². The van der Waals surface area contributed by atoms with Crippen LogP contribution in [0.4, 0.5) is 0 Å². The zero-order chi connectivity index (χ0) is 21.5. The summed E-state index contributed by atoms with van der Waals surface area (Å²) in [6, 6.07) is 18.8. The van der Waals surface area contributed by atoms with Crippen molar-refractivity contribution in [3.63, 3.8) is 0 Å². The van der Waals surface area contributed by atoms with Crippen LogP contribution < -0.4 is 5.32 Å². The van der Waals surface area contributed by atoms with Gasteiger partial charge in [-0.2, -0.15) is 0 Å². The van der Waals surface area contributed by atoms with Crippen molar-refractivity contribution in [2.75, 3.05) is 39.3 Å². The van der Waals surface area contributed by atoms with Crippen molar-refractivity contribution in [1.82, 2.24) is 20.1 Å². The molecule has 170 valence electrons. The van der Waals surface area contributed by atoms with Gasteiger partial charge in [-0.15, -0.1) is 24.0 Å². The molecule has 0 bridgehead atoms. The van der Waals surface area contributed by atoms with Crippen LogP contribution in [0.3, 0.4) is 0 Å². The molecule has 1 aliphatic heterocycles. The summed E-state index contributed by atoms with van der Waals surface area (Å²) in [4.78, 5) is 13.5. The molecule has 0 spiro atoms. The number of aliphatic imine (C=N–C) groups is 1. The second-order valence-electron chi connectivity index (χ2n) is 7.89. The standard InChI is InChI=1S/C25H31N5O.HI/c1-2-27-25(28-18-24(31)21-10-12-26-13-11-21)30-16-14-29(15-17-30)19-22-8-5-7-20-6-3-4-9-23(20)22;/h3-13,24,31H,2,14-19H2,1H3,(H,27,28);1H. The van der Waals surface area contributed by atoms with Crippen molar-refractivity contribution in [1.29, 1.82) is 0 Å². The van der Waals surface area contributed by atoms with Gasteiger partial charge in [0.15, 0.2) is 5.96 Å². The van der Waals surface area contributed by atoms with E-state index in [0.29, 0.717) is 6.54 Å². The Balaban J connectivity index is 0.00000289. The summed E-state index contributed by atoms with van der Waals surface area (Å²) >= 11 is 0. The maximum absolute atomic E-state index is 10.4. The molecule has 1 saturated heterocycles. The van der Waals surface area contributed by atoms with Crippen molar-refractivity contribution in [2.45, 2.75) is 19.6 Å². The van der Waals surface area contributed by atoms with Crippen molar-refractivity contribution in [3.8, 4) is 0 Å². The molecule has 1 atom stereocenters. The van der Waals surface area contributed by atoms with Crippen molar-refractivity contribution in [3.05, 3.63) is 78.1 Å². The molecule has 2 heterocycles. The Labute approximate surface area is 207 Å². The summed E-state index contributed by atoms with van der Waals surface area (Å²) in [5.74, 6) is 0.875. The zero-order valence-corrected chi connectivity index (χ0v) is 20.9. The summed E-state index contributed by atoms with van der Waals surface area (Å²) in [5.41, 5.74) is 2.22. The lowest BCUT2D eigenvalue weighted by molar-refractivity contribution is 0.169. The predicted octanol–water partition coefficient (Wildman–Crippen LogP) is 3.67. The van der Waals surface area contributed by atoms with Gasteiger partial charge in [0.1, 0.15) is 0 Å². The van der Waals surface area contributed by atoms with E-state index in [-0.39, 0.29) is 24.0 Å². The average Bonchev–Trinajstić information content (AvgIpc) is 2.83. The van der Waals surface area contributed by atoms with Gasteiger partial charge in [0.05, 0.1) is 12.6 Å². The number of rotatable bonds is 6. The van der Waals surface area contributed by atoms with E-state index < -0.39 is 6.10 Å². The predicted molar refractivity (Wildman–Crippen MR) is 141 cm³/mol. The number of guanidine groups is 1. The molecule has 3 aromatic rings. The second-order valence-corrected chi connectivity index (χ2v) is 7.89. The molecule has 0 saturated carbocycles. The van der Waals surface area contributed by atoms with E-state index in [0.717, 1.165) is 50.8 Å². The smallest absolute Gasteiger partial charge is 0.194 e. The van der Waals surface area contributed by atoms with Crippen LogP contribution in [-0.4, -0.2) is 65.1 Å². The Bertz CT molecular complexity index is 1000. The molecule has 0 amide bonds. The number of nitrogens with one attached hydrogen (secondary N) is 1. The minimum Gasteiger partial charge on any atom is -0.386 e. The SMILES string of the molecule is CCNC(=NCC(O)c1ccncc1)N1CCN(Cc2cccc3ccccc23)CC1.I. The molecule has 0 aliphatic carbocycles. The Kier molecular flexibility index (Phi) is 9.25. The van der Waals surface area contributed by atoms with Crippen molar-refractivity contribution >= 4 is 40.7 Å². The lowest BCUT2D eigenvalue weighted by atomic mass is 10.0. The van der Waals surface area contributed by atoms with Gasteiger partial charge < -0.3 is 15.3 Å². The Morgan fingerprint density at radius 1 is 1.03 bits per heavy atom. The van der Waals surface area contributed by atoms with Crippen molar-refractivity contribution < 1.29 is 5.11 Å². The molecule has 1 unspecified atom stereocenters. The number of halogens is 1. The number of nitrogens with zero attached hydrogens (tertiary/aromatic N) is 4. The van der Waals surface area contributed by atoms with Crippen LogP contribution in [0.2, 0.25) is 0 Å². The summed E-state index contributed by atoms with van der Waals surface area (Å²) in [5, 5.41) is 16.5. The van der Waals surface area contributed by atoms with E-state index in [9.17, 15) is 5.11 Å². The Morgan fingerprint density at radius 3 is 2.50 bits per heavy atom. The maximum Gasteiger partial charge on any atom is 0.194 e. The average molecular weight is 545 g/mol. The third-order valence-corrected chi connectivity index (χ3v) is 5.79. The van der Waals surface area contributed by atoms with Gasteiger partial charge >= 0.3 is 0 Å². The number of aliphatic hydroxyl groups excluding tert-OH is 1. The number of hydrogen-bond donors (Lipinski definition) is 2. The largest absolute Gasteiger partial charge is 0.386 e. The lowest BCUT2D eigenvalue weighted by Gasteiger charge is -2.36. The lowest BCUT2D eigenvalue weighted by Crippen LogP contribution is -2.52. The molecule has 2 N–H and O–H groups in total.